The van der Waals surface area contributed by atoms with Crippen LogP contribution in [0.25, 0.3) is 0 Å². The molecule has 0 heterocycles. The molecular formula is C10H7F18NO3S. The summed E-state index contributed by atoms with van der Waals surface area (Å²) in [6, 6.07) is 0. The molecule has 4 nitrogen and oxygen atoms in total. The average molecular weight is 563 g/mol. The fraction of sp³-hybridized carbons (Fsp3) is 1.00. The van der Waals surface area contributed by atoms with Gasteiger partial charge in [-0.05, 0) is 6.92 Å². The molecule has 23 heteroatoms. The molecule has 33 heavy (non-hydrogen) atoms. The van der Waals surface area contributed by atoms with E-state index in [4.69, 9.17) is 18.3 Å². The number of rotatable bonds is 5. The minimum absolute atomic E-state index is 0.250. The SMILES string of the molecule is CCO.FC(F)(F)C(F)(F)C(F)(F)C(F)(F)C(F)(F)C(F)(F)C(F)(F)C(F)(F)F.N=S(=O)=O. The Hall–Kier alpha value is -1.68. The maximum atomic E-state index is 12.8. The predicted molar refractivity (Wildman–Crippen MR) is 66.2 cm³/mol. The lowest BCUT2D eigenvalue weighted by atomic mass is 9.91. The molecule has 0 saturated heterocycles. The molecule has 0 saturated carbocycles. The molecule has 0 fully saturated rings. The van der Waals surface area contributed by atoms with Crippen LogP contribution in [0.15, 0.2) is 0 Å². The minimum atomic E-state index is -8.72. The first-order valence-electron chi connectivity index (χ1n) is 6.71. The van der Waals surface area contributed by atoms with Crippen molar-refractivity contribution in [2.24, 2.45) is 0 Å². The van der Waals surface area contributed by atoms with Gasteiger partial charge in [-0.15, -0.1) is 0 Å². The first-order valence-corrected chi connectivity index (χ1v) is 7.79. The monoisotopic (exact) mass is 563 g/mol. The van der Waals surface area contributed by atoms with E-state index < -0.39 is 58.4 Å². The molecule has 0 rings (SSSR count). The Kier molecular flexibility index (Phi) is 11.2. The van der Waals surface area contributed by atoms with E-state index in [0.717, 1.165) is 0 Å². The smallest absolute Gasteiger partial charge is 0.397 e. The van der Waals surface area contributed by atoms with E-state index in [1.54, 1.807) is 6.92 Å². The lowest BCUT2D eigenvalue weighted by Crippen LogP contribution is -2.74. The van der Waals surface area contributed by atoms with Gasteiger partial charge in [0.15, 0.2) is 0 Å². The van der Waals surface area contributed by atoms with Crippen molar-refractivity contribution >= 4 is 10.5 Å². The fourth-order valence-electron chi connectivity index (χ4n) is 1.14. The third-order valence-corrected chi connectivity index (χ3v) is 2.68. The standard InChI is InChI=1S/C8F18.C2H6O.HNO2S/c9-1(10,3(13,14)5(17,18)7(21,22)23)2(11,12)4(15,16)6(19,20)8(24,25)26;1-2-3;1-4(2)3/h;3H,2H2,1H3;1H. The average Bonchev–Trinajstić information content (AvgIpc) is 2.51. The molecule has 0 aliphatic rings. The molecule has 0 aliphatic heterocycles. The van der Waals surface area contributed by atoms with E-state index in [-0.39, 0.29) is 6.61 Å². The van der Waals surface area contributed by atoms with Crippen molar-refractivity contribution in [3.05, 3.63) is 0 Å². The minimum Gasteiger partial charge on any atom is -0.397 e. The number of nitrogens with one attached hydrogen (secondary N) is 1. The van der Waals surface area contributed by atoms with Crippen LogP contribution in [0, 0.1) is 4.78 Å². The van der Waals surface area contributed by atoms with Gasteiger partial charge >= 0.3 is 58.4 Å². The van der Waals surface area contributed by atoms with Crippen LogP contribution in [0.3, 0.4) is 0 Å². The fourth-order valence-corrected chi connectivity index (χ4v) is 1.14. The molecule has 0 radical (unpaired) electrons. The van der Waals surface area contributed by atoms with Gasteiger partial charge in [0.05, 0.1) is 0 Å². The first kappa shape index (κ1) is 35.9. The Morgan fingerprint density at radius 1 is 0.515 bits per heavy atom. The maximum absolute atomic E-state index is 12.8. The van der Waals surface area contributed by atoms with Crippen LogP contribution in [0.4, 0.5) is 79.0 Å². The van der Waals surface area contributed by atoms with Gasteiger partial charge in [0.25, 0.3) is 0 Å². The molecule has 202 valence electrons. The molecule has 2 N–H and O–H groups in total. The molecule has 0 aliphatic carbocycles. The molecule has 0 aromatic heterocycles. The van der Waals surface area contributed by atoms with Gasteiger partial charge in [-0.25, -0.2) is 0 Å². The summed E-state index contributed by atoms with van der Waals surface area (Å²) in [5.41, 5.74) is 0. The van der Waals surface area contributed by atoms with Gasteiger partial charge in [0.2, 0.25) is 0 Å². The zero-order chi connectivity index (χ0) is 28.3. The Labute approximate surface area is 170 Å². The molecule has 0 aromatic rings. The van der Waals surface area contributed by atoms with Gasteiger partial charge in [0, 0.05) is 6.61 Å². The van der Waals surface area contributed by atoms with Crippen LogP contribution in [0.1, 0.15) is 6.92 Å². The van der Waals surface area contributed by atoms with E-state index in [9.17, 15) is 79.0 Å². The second kappa shape index (κ2) is 10.3. The van der Waals surface area contributed by atoms with E-state index in [0.29, 0.717) is 0 Å². The van der Waals surface area contributed by atoms with Crippen molar-refractivity contribution in [2.45, 2.75) is 54.8 Å². The highest BCUT2D eigenvalue weighted by Gasteiger charge is 2.95. The highest BCUT2D eigenvalue weighted by Crippen LogP contribution is 2.63. The highest BCUT2D eigenvalue weighted by molar-refractivity contribution is 7.60. The van der Waals surface area contributed by atoms with Crippen LogP contribution >= 0.6 is 0 Å². The van der Waals surface area contributed by atoms with Crippen LogP contribution in [-0.4, -0.2) is 68.0 Å². The normalized spacial score (nSPS) is 14.5. The maximum Gasteiger partial charge on any atom is 0.460 e. The molecule has 0 spiro atoms. The quantitative estimate of drug-likeness (QED) is 0.431. The number of hydrogen-bond donors (Lipinski definition) is 2. The van der Waals surface area contributed by atoms with Crippen LogP contribution in [-0.2, 0) is 10.5 Å². The van der Waals surface area contributed by atoms with Crippen molar-refractivity contribution in [2.75, 3.05) is 6.61 Å². The van der Waals surface area contributed by atoms with Crippen molar-refractivity contribution in [1.29, 1.82) is 4.78 Å². The summed E-state index contributed by atoms with van der Waals surface area (Å²) < 4.78 is 243. The predicted octanol–water partition coefficient (Wildman–Crippen LogP) is 5.55. The Balaban J connectivity index is -0.00000112. The van der Waals surface area contributed by atoms with Crippen molar-refractivity contribution in [1.82, 2.24) is 0 Å². The topological polar surface area (TPSA) is 78.2 Å². The molecule has 0 bridgehead atoms. The van der Waals surface area contributed by atoms with Gasteiger partial charge in [0.1, 0.15) is 0 Å². The Bertz CT molecular complexity index is 683. The Morgan fingerprint density at radius 2 is 0.606 bits per heavy atom. The van der Waals surface area contributed by atoms with E-state index >= 15 is 0 Å². The third kappa shape index (κ3) is 6.47. The third-order valence-electron chi connectivity index (χ3n) is 2.68. The number of aliphatic hydroxyl groups excluding tert-OH is 1. The largest absolute Gasteiger partial charge is 0.460 e. The summed E-state index contributed by atoms with van der Waals surface area (Å²) >= 11 is 0. The second-order valence-electron chi connectivity index (χ2n) is 4.99. The van der Waals surface area contributed by atoms with Crippen molar-refractivity contribution < 1.29 is 92.6 Å². The lowest BCUT2D eigenvalue weighted by molar-refractivity contribution is -0.468. The number of aliphatic hydroxyl groups is 1. The van der Waals surface area contributed by atoms with Gasteiger partial charge in [-0.3, -0.25) is 0 Å². The molecule has 0 unspecified atom stereocenters. The molecule has 0 atom stereocenters. The summed E-state index contributed by atoms with van der Waals surface area (Å²) in [4.78, 5) is 0. The Morgan fingerprint density at radius 3 is 0.697 bits per heavy atom. The zero-order valence-corrected chi connectivity index (χ0v) is 15.5. The summed E-state index contributed by atoms with van der Waals surface area (Å²) in [6.45, 7) is 1.93. The summed E-state index contributed by atoms with van der Waals surface area (Å²) in [5, 5.41) is 7.57. The second-order valence-corrected chi connectivity index (χ2v) is 5.46. The number of alkyl halides is 18. The number of halogens is 18. The van der Waals surface area contributed by atoms with E-state index in [2.05, 4.69) is 0 Å². The van der Waals surface area contributed by atoms with Gasteiger partial charge in [-0.1, -0.05) is 0 Å². The van der Waals surface area contributed by atoms with Crippen molar-refractivity contribution in [3.8, 4) is 0 Å². The molecule has 0 aromatic carbocycles. The van der Waals surface area contributed by atoms with Crippen LogP contribution < -0.4 is 0 Å². The lowest BCUT2D eigenvalue weighted by Gasteiger charge is -2.41. The van der Waals surface area contributed by atoms with Crippen molar-refractivity contribution in [3.63, 3.8) is 0 Å². The van der Waals surface area contributed by atoms with Gasteiger partial charge in [-0.2, -0.15) is 92.2 Å². The molecule has 0 amide bonds. The zero-order valence-electron chi connectivity index (χ0n) is 14.7. The van der Waals surface area contributed by atoms with E-state index in [1.807, 2.05) is 0 Å². The summed E-state index contributed by atoms with van der Waals surface area (Å²) in [6.07, 6.45) is -15.6. The summed E-state index contributed by atoms with van der Waals surface area (Å²) in [7, 11) is -2.61. The number of hydrogen-bond acceptors (Lipinski definition) is 4. The summed E-state index contributed by atoms with van der Waals surface area (Å²) in [5.74, 6) is -51.0. The van der Waals surface area contributed by atoms with E-state index in [1.165, 1.54) is 0 Å². The highest BCUT2D eigenvalue weighted by atomic mass is 32.2. The molecular weight excluding hydrogens is 556 g/mol. The first-order chi connectivity index (χ1) is 13.9. The van der Waals surface area contributed by atoms with Crippen LogP contribution in [0.2, 0.25) is 0 Å². The van der Waals surface area contributed by atoms with Gasteiger partial charge < -0.3 is 5.11 Å². The van der Waals surface area contributed by atoms with Crippen LogP contribution in [0.5, 0.6) is 0 Å².